The standard InChI is InChI=1S/C26H38N2O2.ClH/c1-20-19-28(3)21(2)16-26(20,17-22-9-7-6-8-10-22)13-14-27-18-23-11-12-24(29-4)25(15-23)30-5;/h6-12,15,20-21,27H,13-14,16-19H2,1-5H3;1H. The van der Waals surface area contributed by atoms with Crippen LogP contribution in [0.5, 0.6) is 11.5 Å². The summed E-state index contributed by atoms with van der Waals surface area (Å²) in [4.78, 5) is 2.52. The van der Waals surface area contributed by atoms with Gasteiger partial charge in [0.05, 0.1) is 14.2 Å². The third-order valence-electron chi connectivity index (χ3n) is 7.04. The molecule has 1 fully saturated rings. The van der Waals surface area contributed by atoms with Crippen molar-refractivity contribution in [2.45, 2.75) is 45.7 Å². The monoisotopic (exact) mass is 446 g/mol. The lowest BCUT2D eigenvalue weighted by molar-refractivity contribution is 0.0132. The molecule has 1 saturated heterocycles. The Morgan fingerprint density at radius 3 is 2.39 bits per heavy atom. The van der Waals surface area contributed by atoms with Crippen LogP contribution in [-0.2, 0) is 13.0 Å². The van der Waals surface area contributed by atoms with Gasteiger partial charge in [-0.1, -0.05) is 43.3 Å². The fourth-order valence-corrected chi connectivity index (χ4v) is 5.00. The fourth-order valence-electron chi connectivity index (χ4n) is 5.00. The maximum atomic E-state index is 5.44. The molecule has 3 rings (SSSR count). The second-order valence-corrected chi connectivity index (χ2v) is 9.03. The maximum Gasteiger partial charge on any atom is 0.161 e. The van der Waals surface area contributed by atoms with Crippen LogP contribution in [-0.4, -0.2) is 45.3 Å². The molecule has 0 amide bonds. The second kappa shape index (κ2) is 11.8. The van der Waals surface area contributed by atoms with Gasteiger partial charge in [-0.3, -0.25) is 0 Å². The summed E-state index contributed by atoms with van der Waals surface area (Å²) >= 11 is 0. The first-order chi connectivity index (χ1) is 14.5. The van der Waals surface area contributed by atoms with Crippen molar-refractivity contribution in [3.05, 3.63) is 59.7 Å². The number of hydrogen-bond acceptors (Lipinski definition) is 4. The third kappa shape index (κ3) is 6.38. The molecule has 0 aromatic heterocycles. The predicted octanol–water partition coefficient (Wildman–Crippen LogP) is 5.19. The van der Waals surface area contributed by atoms with E-state index < -0.39 is 0 Å². The average molecular weight is 447 g/mol. The minimum Gasteiger partial charge on any atom is -0.493 e. The Labute approximate surface area is 194 Å². The van der Waals surface area contributed by atoms with Gasteiger partial charge in [-0.05, 0) is 74.4 Å². The van der Waals surface area contributed by atoms with Crippen LogP contribution in [0.15, 0.2) is 48.5 Å². The van der Waals surface area contributed by atoms with Crippen LogP contribution in [0.25, 0.3) is 0 Å². The number of nitrogens with one attached hydrogen (secondary N) is 1. The van der Waals surface area contributed by atoms with E-state index in [9.17, 15) is 0 Å². The maximum absolute atomic E-state index is 5.44. The van der Waals surface area contributed by atoms with E-state index in [1.54, 1.807) is 14.2 Å². The molecule has 5 heteroatoms. The number of piperidine rings is 1. The Kier molecular flexibility index (Phi) is 9.67. The molecule has 3 unspecified atom stereocenters. The van der Waals surface area contributed by atoms with Gasteiger partial charge < -0.3 is 19.7 Å². The molecule has 1 aliphatic heterocycles. The van der Waals surface area contributed by atoms with Crippen molar-refractivity contribution in [3.8, 4) is 11.5 Å². The molecule has 1 N–H and O–H groups in total. The number of methoxy groups -OCH3 is 2. The predicted molar refractivity (Wildman–Crippen MR) is 132 cm³/mol. The van der Waals surface area contributed by atoms with E-state index in [1.165, 1.54) is 30.5 Å². The number of halogens is 1. The molecule has 172 valence electrons. The highest BCUT2D eigenvalue weighted by molar-refractivity contribution is 5.85. The smallest absolute Gasteiger partial charge is 0.161 e. The van der Waals surface area contributed by atoms with Crippen LogP contribution in [0, 0.1) is 11.3 Å². The van der Waals surface area contributed by atoms with Gasteiger partial charge in [0.2, 0.25) is 0 Å². The first kappa shape index (κ1) is 25.5. The molecule has 0 aliphatic carbocycles. The average Bonchev–Trinajstić information content (AvgIpc) is 2.76. The Hall–Kier alpha value is -1.75. The highest BCUT2D eigenvalue weighted by atomic mass is 35.5. The normalized spacial score (nSPS) is 23.8. The van der Waals surface area contributed by atoms with Gasteiger partial charge in [0.25, 0.3) is 0 Å². The van der Waals surface area contributed by atoms with Crippen molar-refractivity contribution in [3.63, 3.8) is 0 Å². The summed E-state index contributed by atoms with van der Waals surface area (Å²) in [6.45, 7) is 7.85. The van der Waals surface area contributed by atoms with E-state index >= 15 is 0 Å². The van der Waals surface area contributed by atoms with E-state index in [0.29, 0.717) is 17.4 Å². The van der Waals surface area contributed by atoms with E-state index in [2.05, 4.69) is 73.6 Å². The van der Waals surface area contributed by atoms with Crippen LogP contribution in [0.4, 0.5) is 0 Å². The van der Waals surface area contributed by atoms with Crippen LogP contribution < -0.4 is 14.8 Å². The zero-order valence-electron chi connectivity index (χ0n) is 19.7. The SMILES string of the molecule is COc1ccc(CNCCC2(Cc3ccccc3)CC(C)N(C)CC2C)cc1OC.Cl. The number of ether oxygens (including phenoxy) is 2. The summed E-state index contributed by atoms with van der Waals surface area (Å²) in [6.07, 6.45) is 3.59. The topological polar surface area (TPSA) is 33.7 Å². The first-order valence-electron chi connectivity index (χ1n) is 11.1. The molecule has 1 aliphatic rings. The number of rotatable bonds is 9. The summed E-state index contributed by atoms with van der Waals surface area (Å²) in [7, 11) is 5.62. The van der Waals surface area contributed by atoms with Crippen LogP contribution in [0.3, 0.4) is 0 Å². The zero-order valence-corrected chi connectivity index (χ0v) is 20.5. The van der Waals surface area contributed by atoms with Crippen LogP contribution in [0.1, 0.15) is 37.8 Å². The minimum atomic E-state index is 0. The lowest BCUT2D eigenvalue weighted by Gasteiger charge is -2.49. The van der Waals surface area contributed by atoms with Crippen molar-refractivity contribution < 1.29 is 9.47 Å². The van der Waals surface area contributed by atoms with Crippen molar-refractivity contribution in [2.24, 2.45) is 11.3 Å². The minimum absolute atomic E-state index is 0. The zero-order chi connectivity index (χ0) is 21.6. The lowest BCUT2D eigenvalue weighted by Crippen LogP contribution is -2.51. The quantitative estimate of drug-likeness (QED) is 0.537. The number of likely N-dealkylation sites (tertiary alicyclic amines) is 1. The third-order valence-corrected chi connectivity index (χ3v) is 7.04. The molecule has 0 radical (unpaired) electrons. The van der Waals surface area contributed by atoms with Gasteiger partial charge in [-0.25, -0.2) is 0 Å². The number of hydrogen-bond donors (Lipinski definition) is 1. The molecular formula is C26H39ClN2O2. The Balaban J connectivity index is 0.00000341. The van der Waals surface area contributed by atoms with E-state index in [-0.39, 0.29) is 12.4 Å². The Morgan fingerprint density at radius 2 is 1.71 bits per heavy atom. The van der Waals surface area contributed by atoms with Crippen molar-refractivity contribution in [2.75, 3.05) is 34.4 Å². The van der Waals surface area contributed by atoms with Gasteiger partial charge in [-0.2, -0.15) is 0 Å². The van der Waals surface area contributed by atoms with Gasteiger partial charge in [0.1, 0.15) is 0 Å². The van der Waals surface area contributed by atoms with Gasteiger partial charge in [0, 0.05) is 19.1 Å². The molecule has 0 spiro atoms. The molecule has 0 bridgehead atoms. The summed E-state index contributed by atoms with van der Waals surface area (Å²) in [5, 5.41) is 3.68. The van der Waals surface area contributed by atoms with Crippen molar-refractivity contribution in [1.82, 2.24) is 10.2 Å². The largest absolute Gasteiger partial charge is 0.493 e. The molecule has 2 aromatic carbocycles. The van der Waals surface area contributed by atoms with Crippen LogP contribution >= 0.6 is 12.4 Å². The van der Waals surface area contributed by atoms with Gasteiger partial charge in [-0.15, -0.1) is 12.4 Å². The fraction of sp³-hybridized carbons (Fsp3) is 0.538. The number of nitrogens with zero attached hydrogens (tertiary/aromatic N) is 1. The van der Waals surface area contributed by atoms with E-state index in [0.717, 1.165) is 31.0 Å². The van der Waals surface area contributed by atoms with Crippen molar-refractivity contribution in [1.29, 1.82) is 0 Å². The lowest BCUT2D eigenvalue weighted by atomic mass is 9.63. The molecule has 1 heterocycles. The van der Waals surface area contributed by atoms with Crippen molar-refractivity contribution >= 4 is 12.4 Å². The molecule has 2 aromatic rings. The van der Waals surface area contributed by atoms with Gasteiger partial charge in [0.15, 0.2) is 11.5 Å². The molecule has 31 heavy (non-hydrogen) atoms. The summed E-state index contributed by atoms with van der Waals surface area (Å²) in [6, 6.07) is 17.8. The molecule has 0 saturated carbocycles. The summed E-state index contributed by atoms with van der Waals surface area (Å²) in [5.41, 5.74) is 3.01. The Bertz CT molecular complexity index is 801. The number of benzene rings is 2. The van der Waals surface area contributed by atoms with E-state index in [4.69, 9.17) is 9.47 Å². The summed E-state index contributed by atoms with van der Waals surface area (Å²) in [5.74, 6) is 2.23. The highest BCUT2D eigenvalue weighted by Crippen LogP contribution is 2.44. The van der Waals surface area contributed by atoms with E-state index in [1.807, 2.05) is 6.07 Å². The van der Waals surface area contributed by atoms with Crippen LogP contribution in [0.2, 0.25) is 0 Å². The van der Waals surface area contributed by atoms with Gasteiger partial charge >= 0.3 is 0 Å². The second-order valence-electron chi connectivity index (χ2n) is 9.03. The molecule has 4 nitrogen and oxygen atoms in total. The molecule has 3 atom stereocenters. The Morgan fingerprint density at radius 1 is 1.00 bits per heavy atom. The first-order valence-corrected chi connectivity index (χ1v) is 11.1. The molecular weight excluding hydrogens is 408 g/mol. The highest BCUT2D eigenvalue weighted by Gasteiger charge is 2.42. The summed E-state index contributed by atoms with van der Waals surface area (Å²) < 4.78 is 10.8.